The molecule has 22 heavy (non-hydrogen) atoms. The van der Waals surface area contributed by atoms with Gasteiger partial charge in [-0.05, 0) is 11.1 Å². The molecule has 2 rings (SSSR count). The van der Waals surface area contributed by atoms with Crippen LogP contribution in [0.2, 0.25) is 0 Å². The van der Waals surface area contributed by atoms with E-state index in [0.29, 0.717) is 0 Å². The predicted molar refractivity (Wildman–Crippen MR) is 80.5 cm³/mol. The Labute approximate surface area is 133 Å². The third-order valence-electron chi connectivity index (χ3n) is 3.23. The maximum Gasteiger partial charge on any atom is 0.330 e. The smallest absolute Gasteiger partial charge is 0.330 e. The molecule has 9 heteroatoms. The molecule has 2 N–H and O–H groups in total. The number of nitrogens with one attached hydrogen (secondary N) is 1. The summed E-state index contributed by atoms with van der Waals surface area (Å²) >= 11 is 3.06. The fourth-order valence-corrected chi connectivity index (χ4v) is 2.56. The van der Waals surface area contributed by atoms with Crippen molar-refractivity contribution < 1.29 is 19.4 Å². The molecule has 1 aromatic rings. The zero-order valence-corrected chi connectivity index (χ0v) is 13.3. The molecule has 0 spiro atoms. The molecule has 1 fully saturated rings. The first kappa shape index (κ1) is 16.7. The van der Waals surface area contributed by atoms with Gasteiger partial charge in [0.2, 0.25) is 0 Å². The Bertz CT molecular complexity index is 695. The van der Waals surface area contributed by atoms with Crippen LogP contribution in [-0.4, -0.2) is 39.4 Å². The van der Waals surface area contributed by atoms with Crippen molar-refractivity contribution >= 4 is 28.0 Å². The number of hydrogen-bond donors (Lipinski definition) is 2. The zero-order chi connectivity index (χ0) is 16.3. The largest absolute Gasteiger partial charge is 0.460 e. The van der Waals surface area contributed by atoms with Crippen LogP contribution in [0, 0.1) is 0 Å². The molecule has 0 bridgehead atoms. The fourth-order valence-electron chi connectivity index (χ4n) is 2.27. The highest BCUT2D eigenvalue weighted by atomic mass is 79.9. The van der Waals surface area contributed by atoms with E-state index in [1.807, 2.05) is 0 Å². The lowest BCUT2D eigenvalue weighted by Gasteiger charge is -2.15. The van der Waals surface area contributed by atoms with Crippen LogP contribution in [-0.2, 0) is 14.3 Å². The van der Waals surface area contributed by atoms with Crippen LogP contribution >= 0.6 is 15.9 Å². The number of hydrogen-bond acceptors (Lipinski definition) is 6. The Kier molecular flexibility index (Phi) is 5.33. The number of ether oxygens (including phenoxy) is 2. The minimum absolute atomic E-state index is 0.203. The highest BCUT2D eigenvalue weighted by Gasteiger charge is 2.38. The van der Waals surface area contributed by atoms with Gasteiger partial charge in [0.1, 0.15) is 18.4 Å². The van der Waals surface area contributed by atoms with Crippen molar-refractivity contribution in [1.82, 2.24) is 9.55 Å². The van der Waals surface area contributed by atoms with Crippen molar-refractivity contribution in [1.29, 1.82) is 0 Å². The third-order valence-corrected chi connectivity index (χ3v) is 3.49. The Morgan fingerprint density at radius 3 is 2.95 bits per heavy atom. The highest BCUT2D eigenvalue weighted by molar-refractivity contribution is 9.11. The Hall–Kier alpha value is -1.71. The van der Waals surface area contributed by atoms with Crippen molar-refractivity contribution in [2.45, 2.75) is 31.8 Å². The zero-order valence-electron chi connectivity index (χ0n) is 11.7. The summed E-state index contributed by atoms with van der Waals surface area (Å²) in [5.74, 6) is -0.496. The number of esters is 1. The second kappa shape index (κ2) is 7.03. The topological polar surface area (TPSA) is 111 Å². The molecule has 0 radical (unpaired) electrons. The highest BCUT2D eigenvalue weighted by Crippen LogP contribution is 2.29. The number of carbonyl (C=O) groups is 1. The summed E-state index contributed by atoms with van der Waals surface area (Å²) in [5, 5.41) is 9.29. The molecule has 8 nitrogen and oxygen atoms in total. The predicted octanol–water partition coefficient (Wildman–Crippen LogP) is 0.114. The molecule has 1 aliphatic rings. The van der Waals surface area contributed by atoms with Crippen LogP contribution in [0.3, 0.4) is 0 Å². The monoisotopic (exact) mass is 374 g/mol. The molecular formula is C13H15BrN2O6. The summed E-state index contributed by atoms with van der Waals surface area (Å²) in [4.78, 5) is 38.3. The summed E-state index contributed by atoms with van der Waals surface area (Å²) in [5.41, 5.74) is -0.899. The van der Waals surface area contributed by atoms with Crippen molar-refractivity contribution in [3.63, 3.8) is 0 Å². The van der Waals surface area contributed by atoms with Gasteiger partial charge in [-0.2, -0.15) is 0 Å². The number of aromatic nitrogens is 2. The molecule has 1 saturated heterocycles. The number of aromatic amines is 1. The maximum absolute atomic E-state index is 11.9. The van der Waals surface area contributed by atoms with E-state index in [0.717, 1.165) is 0 Å². The first-order chi connectivity index (χ1) is 10.5. The van der Waals surface area contributed by atoms with Gasteiger partial charge in [0.15, 0.2) is 0 Å². The Morgan fingerprint density at radius 2 is 2.36 bits per heavy atom. The quantitative estimate of drug-likeness (QED) is 0.723. The lowest BCUT2D eigenvalue weighted by molar-refractivity contribution is -0.150. The summed E-state index contributed by atoms with van der Waals surface area (Å²) in [6, 6.07) is 0. The maximum atomic E-state index is 11.9. The number of aliphatic hydroxyl groups excluding tert-OH is 1. The van der Waals surface area contributed by atoms with E-state index in [9.17, 15) is 19.5 Å². The van der Waals surface area contributed by atoms with Crippen molar-refractivity contribution in [3.05, 3.63) is 37.6 Å². The molecule has 1 aromatic heterocycles. The van der Waals surface area contributed by atoms with Gasteiger partial charge in [0.05, 0.1) is 12.2 Å². The van der Waals surface area contributed by atoms with E-state index >= 15 is 0 Å². The summed E-state index contributed by atoms with van der Waals surface area (Å²) in [7, 11) is 0. The molecule has 2 heterocycles. The Morgan fingerprint density at radius 1 is 1.64 bits per heavy atom. The molecule has 0 aliphatic carbocycles. The lowest BCUT2D eigenvalue weighted by Crippen LogP contribution is -2.33. The summed E-state index contributed by atoms with van der Waals surface area (Å²) < 4.78 is 11.8. The van der Waals surface area contributed by atoms with Gasteiger partial charge >= 0.3 is 11.7 Å². The lowest BCUT2D eigenvalue weighted by atomic mass is 10.2. The summed E-state index contributed by atoms with van der Waals surface area (Å²) in [6.45, 7) is 0.910. The van der Waals surface area contributed by atoms with Gasteiger partial charge in [0.25, 0.3) is 5.56 Å². The second-order valence-corrected chi connectivity index (χ2v) is 5.27. The van der Waals surface area contributed by atoms with Crippen LogP contribution in [0.5, 0.6) is 0 Å². The summed E-state index contributed by atoms with van der Waals surface area (Å²) in [6.07, 6.45) is 0.928. The number of carbonyl (C=O) groups excluding carboxylic acids is 1. The van der Waals surface area contributed by atoms with Crippen molar-refractivity contribution in [3.8, 4) is 0 Å². The molecule has 120 valence electrons. The minimum atomic E-state index is -0.742. The molecule has 1 aliphatic heterocycles. The minimum Gasteiger partial charge on any atom is -0.460 e. The van der Waals surface area contributed by atoms with Gasteiger partial charge < -0.3 is 14.6 Å². The number of aliphatic hydroxyl groups is 1. The second-order valence-electron chi connectivity index (χ2n) is 4.74. The first-order valence-corrected chi connectivity index (χ1v) is 7.43. The number of nitrogens with zero attached hydrogens (tertiary/aromatic N) is 1. The van der Waals surface area contributed by atoms with Crippen molar-refractivity contribution in [2.24, 2.45) is 0 Å². The van der Waals surface area contributed by atoms with E-state index in [-0.39, 0.29) is 18.6 Å². The van der Waals surface area contributed by atoms with Crippen LogP contribution in [0.15, 0.2) is 20.8 Å². The van der Waals surface area contributed by atoms with Gasteiger partial charge in [-0.25, -0.2) is 4.79 Å². The van der Waals surface area contributed by atoms with E-state index in [2.05, 4.69) is 20.9 Å². The van der Waals surface area contributed by atoms with Crippen LogP contribution in [0.25, 0.3) is 6.08 Å². The molecule has 3 atom stereocenters. The van der Waals surface area contributed by atoms with Gasteiger partial charge in [-0.1, -0.05) is 15.9 Å². The van der Waals surface area contributed by atoms with E-state index in [4.69, 9.17) is 9.47 Å². The molecular weight excluding hydrogens is 360 g/mol. The standard InChI is InChI=1S/C13H15BrN2O6/c1-7(18)21-9-4-11(22-10(9)6-17)16-5-8(2-3-14)12(19)15-13(16)20/h2-3,5,9-11,17H,4,6H2,1H3,(H,15,19,20)/b3-2+/t9-,10+,11+/m0/s1. The van der Waals surface area contributed by atoms with Crippen LogP contribution < -0.4 is 11.2 Å². The average Bonchev–Trinajstić information content (AvgIpc) is 2.83. The average molecular weight is 375 g/mol. The van der Waals surface area contributed by atoms with E-state index in [1.165, 1.54) is 28.7 Å². The molecule has 0 saturated carbocycles. The van der Waals surface area contributed by atoms with Gasteiger partial charge in [-0.15, -0.1) is 0 Å². The van der Waals surface area contributed by atoms with Gasteiger partial charge in [-0.3, -0.25) is 19.1 Å². The van der Waals surface area contributed by atoms with Crippen LogP contribution in [0.4, 0.5) is 0 Å². The van der Waals surface area contributed by atoms with E-state index in [1.54, 1.807) is 0 Å². The molecule has 0 unspecified atom stereocenters. The Balaban J connectivity index is 2.32. The normalized spacial score (nSPS) is 24.8. The van der Waals surface area contributed by atoms with Gasteiger partial charge in [0, 0.05) is 19.5 Å². The van der Waals surface area contributed by atoms with Crippen LogP contribution in [0.1, 0.15) is 25.1 Å². The molecule has 0 amide bonds. The molecule has 0 aromatic carbocycles. The third kappa shape index (κ3) is 3.54. The number of H-pyrrole nitrogens is 1. The van der Waals surface area contributed by atoms with Crippen molar-refractivity contribution in [2.75, 3.05) is 6.61 Å². The van der Waals surface area contributed by atoms with E-state index < -0.39 is 35.7 Å². The first-order valence-electron chi connectivity index (χ1n) is 6.52. The number of halogens is 1. The number of rotatable bonds is 4. The SMILES string of the molecule is CC(=O)O[C@H]1C[C@H](n2cc(/C=C/Br)c(=O)[nH]c2=O)O[C@@H]1CO. The fraction of sp³-hybridized carbons (Fsp3) is 0.462.